The van der Waals surface area contributed by atoms with Crippen molar-refractivity contribution in [3.05, 3.63) is 77.1 Å². The highest BCUT2D eigenvalue weighted by molar-refractivity contribution is 7.93. The number of benzene rings is 2. The molecule has 0 spiro atoms. The van der Waals surface area contributed by atoms with Crippen LogP contribution in [0.4, 0.5) is 0 Å². The van der Waals surface area contributed by atoms with Crippen LogP contribution in [0.2, 0.25) is 0 Å². The topological polar surface area (TPSA) is 103 Å². The highest BCUT2D eigenvalue weighted by atomic mass is 32.2. The smallest absolute Gasteiger partial charge is 0.195 e. The number of guanidine groups is 1. The fourth-order valence-corrected chi connectivity index (χ4v) is 3.10. The average Bonchev–Trinajstić information content (AvgIpc) is 2.68. The second-order valence-electron chi connectivity index (χ2n) is 5.93. The summed E-state index contributed by atoms with van der Waals surface area (Å²) in [6.07, 6.45) is 2.81. The van der Waals surface area contributed by atoms with Gasteiger partial charge in [-0.05, 0) is 41.3 Å². The zero-order valence-corrected chi connectivity index (χ0v) is 15.0. The molecule has 1 atom stereocenters. The van der Waals surface area contributed by atoms with Crippen LogP contribution >= 0.6 is 12.0 Å². The predicted molar refractivity (Wildman–Crippen MR) is 105 cm³/mol. The predicted octanol–water partition coefficient (Wildman–Crippen LogP) is 2.38. The molecule has 6 N–H and O–H groups in total. The molecule has 0 saturated carbocycles. The van der Waals surface area contributed by atoms with Crippen molar-refractivity contribution in [3.8, 4) is 0 Å². The van der Waals surface area contributed by atoms with Crippen LogP contribution in [-0.4, -0.2) is 22.2 Å². The third-order valence-corrected chi connectivity index (χ3v) is 4.65. The first kappa shape index (κ1) is 18.3. The molecule has 0 aliphatic carbocycles. The molecule has 26 heavy (non-hydrogen) atoms. The van der Waals surface area contributed by atoms with Crippen LogP contribution in [0, 0.1) is 0 Å². The van der Waals surface area contributed by atoms with Gasteiger partial charge in [-0.25, -0.2) is 4.99 Å². The molecule has 7 heteroatoms. The summed E-state index contributed by atoms with van der Waals surface area (Å²) in [5, 5.41) is 15.9. The fourth-order valence-electron chi connectivity index (χ4n) is 2.84. The summed E-state index contributed by atoms with van der Waals surface area (Å²) in [5.74, 6) is 1.15. The zero-order chi connectivity index (χ0) is 18.4. The van der Waals surface area contributed by atoms with Crippen LogP contribution in [0.3, 0.4) is 0 Å². The number of hydrogen-bond donors (Lipinski definition) is 5. The zero-order valence-electron chi connectivity index (χ0n) is 14.2. The molecule has 136 valence electrons. The molecule has 0 amide bonds. The van der Waals surface area contributed by atoms with Gasteiger partial charge in [-0.1, -0.05) is 36.4 Å². The Hall–Kier alpha value is -2.48. The molecule has 3 rings (SSSR count). The quantitative estimate of drug-likeness (QED) is 0.480. The number of nitrogens with one attached hydrogen (secondary N) is 2. The first-order valence-electron chi connectivity index (χ1n) is 8.34. The summed E-state index contributed by atoms with van der Waals surface area (Å²) < 4.78 is 9.01. The van der Waals surface area contributed by atoms with Gasteiger partial charge in [0.15, 0.2) is 5.96 Å². The number of hydrogen-bond acceptors (Lipinski definition) is 7. The molecule has 0 fully saturated rings. The van der Waals surface area contributed by atoms with Crippen molar-refractivity contribution in [1.82, 2.24) is 10.6 Å². The van der Waals surface area contributed by atoms with Crippen molar-refractivity contribution in [2.75, 3.05) is 6.54 Å². The Morgan fingerprint density at radius 1 is 1.15 bits per heavy atom. The lowest BCUT2D eigenvalue weighted by atomic mass is 10.0. The lowest BCUT2D eigenvalue weighted by molar-refractivity contribution is 0.280. The summed E-state index contributed by atoms with van der Waals surface area (Å²) in [4.78, 5) is 5.25. The van der Waals surface area contributed by atoms with Gasteiger partial charge in [-0.3, -0.25) is 0 Å². The van der Waals surface area contributed by atoms with Gasteiger partial charge in [-0.2, -0.15) is 0 Å². The maximum absolute atomic E-state index is 9.54. The SMILES string of the molecule is NC1=NC(c2ccccc2CO)C=C(NCCc2ccc(SO)cc2)N1. The van der Waals surface area contributed by atoms with Gasteiger partial charge in [0.05, 0.1) is 6.61 Å². The summed E-state index contributed by atoms with van der Waals surface area (Å²) in [6, 6.07) is 15.2. The van der Waals surface area contributed by atoms with Gasteiger partial charge in [0.1, 0.15) is 11.9 Å². The Balaban J connectivity index is 1.64. The molecule has 0 bridgehead atoms. The van der Waals surface area contributed by atoms with E-state index in [-0.39, 0.29) is 12.6 Å². The molecule has 6 nitrogen and oxygen atoms in total. The first-order chi connectivity index (χ1) is 12.7. The summed E-state index contributed by atoms with van der Waals surface area (Å²) >= 11 is 0.746. The van der Waals surface area contributed by atoms with E-state index in [0.29, 0.717) is 5.96 Å². The average molecular weight is 370 g/mol. The summed E-state index contributed by atoms with van der Waals surface area (Å²) in [7, 11) is 0. The van der Waals surface area contributed by atoms with E-state index in [1.807, 2.05) is 54.6 Å². The molecule has 0 radical (unpaired) electrons. The number of nitrogens with zero attached hydrogens (tertiary/aromatic N) is 1. The molecule has 2 aromatic rings. The number of aliphatic hydroxyl groups is 1. The van der Waals surface area contributed by atoms with E-state index >= 15 is 0 Å². The third-order valence-electron chi connectivity index (χ3n) is 4.17. The molecule has 1 aliphatic heterocycles. The Morgan fingerprint density at radius 3 is 2.65 bits per heavy atom. The van der Waals surface area contributed by atoms with Crippen LogP contribution in [0.15, 0.2) is 70.3 Å². The van der Waals surface area contributed by atoms with Gasteiger partial charge < -0.3 is 26.0 Å². The Morgan fingerprint density at radius 2 is 1.92 bits per heavy atom. The van der Waals surface area contributed by atoms with Gasteiger partial charge >= 0.3 is 0 Å². The minimum absolute atomic E-state index is 0.0335. The fraction of sp³-hybridized carbons (Fsp3) is 0.211. The molecule has 1 aliphatic rings. The molecule has 1 unspecified atom stereocenters. The first-order valence-corrected chi connectivity index (χ1v) is 9.12. The summed E-state index contributed by atoms with van der Waals surface area (Å²) in [6.45, 7) is 0.695. The van der Waals surface area contributed by atoms with Gasteiger partial charge in [0.2, 0.25) is 0 Å². The molecule has 1 heterocycles. The van der Waals surface area contributed by atoms with Crippen LogP contribution < -0.4 is 16.4 Å². The van der Waals surface area contributed by atoms with Crippen molar-refractivity contribution < 1.29 is 9.66 Å². The van der Waals surface area contributed by atoms with Crippen LogP contribution in [-0.2, 0) is 13.0 Å². The van der Waals surface area contributed by atoms with E-state index in [1.165, 1.54) is 5.56 Å². The van der Waals surface area contributed by atoms with Crippen LogP contribution in [0.5, 0.6) is 0 Å². The van der Waals surface area contributed by atoms with Crippen LogP contribution in [0.25, 0.3) is 0 Å². The van der Waals surface area contributed by atoms with E-state index in [4.69, 9.17) is 10.3 Å². The van der Waals surface area contributed by atoms with Crippen molar-refractivity contribution in [3.63, 3.8) is 0 Å². The molecule has 2 aromatic carbocycles. The van der Waals surface area contributed by atoms with Crippen LogP contribution in [0.1, 0.15) is 22.7 Å². The highest BCUT2D eigenvalue weighted by Crippen LogP contribution is 2.25. The maximum Gasteiger partial charge on any atom is 0.195 e. The standard InChI is InChI=1S/C19H22N4O2S/c20-19-22-17(16-4-2-1-3-14(16)12-24)11-18(23-19)21-10-9-13-5-7-15(26-25)8-6-13/h1-8,11,17,21,24-25H,9-10,12H2,(H3,20,22,23). The van der Waals surface area contributed by atoms with E-state index in [2.05, 4.69) is 15.6 Å². The molecular formula is C19H22N4O2S. The van der Waals surface area contributed by atoms with Gasteiger partial charge in [0.25, 0.3) is 0 Å². The van der Waals surface area contributed by atoms with Crippen molar-refractivity contribution in [2.45, 2.75) is 24.0 Å². The third kappa shape index (κ3) is 4.57. The van der Waals surface area contributed by atoms with E-state index in [9.17, 15) is 5.11 Å². The molecule has 0 saturated heterocycles. The maximum atomic E-state index is 9.54. The molecule has 0 aromatic heterocycles. The highest BCUT2D eigenvalue weighted by Gasteiger charge is 2.17. The minimum Gasteiger partial charge on any atom is -0.392 e. The Labute approximate surface area is 157 Å². The van der Waals surface area contributed by atoms with Gasteiger partial charge in [-0.15, -0.1) is 0 Å². The van der Waals surface area contributed by atoms with Crippen molar-refractivity contribution >= 4 is 18.0 Å². The number of aliphatic hydroxyl groups excluding tert-OH is 1. The second-order valence-corrected chi connectivity index (χ2v) is 6.59. The lowest BCUT2D eigenvalue weighted by Gasteiger charge is -2.22. The van der Waals surface area contributed by atoms with Crippen molar-refractivity contribution in [1.29, 1.82) is 0 Å². The molecular weight excluding hydrogens is 348 g/mol. The monoisotopic (exact) mass is 370 g/mol. The van der Waals surface area contributed by atoms with E-state index < -0.39 is 0 Å². The summed E-state index contributed by atoms with van der Waals surface area (Å²) in [5.41, 5.74) is 8.89. The van der Waals surface area contributed by atoms with Crippen molar-refractivity contribution in [2.24, 2.45) is 10.7 Å². The largest absolute Gasteiger partial charge is 0.392 e. The minimum atomic E-state index is -0.233. The second kappa shape index (κ2) is 8.75. The number of rotatable bonds is 7. The number of aliphatic imine (C=N–C) groups is 1. The van der Waals surface area contributed by atoms with Gasteiger partial charge in [0, 0.05) is 23.5 Å². The lowest BCUT2D eigenvalue weighted by Crippen LogP contribution is -2.40. The Kier molecular flexibility index (Phi) is 6.17. The van der Waals surface area contributed by atoms with E-state index in [1.54, 1.807) is 0 Å². The number of nitrogens with two attached hydrogens (primary N) is 1. The normalized spacial score (nSPS) is 16.5. The van der Waals surface area contributed by atoms with E-state index in [0.717, 1.165) is 46.9 Å². The Bertz CT molecular complexity index is 805.